The normalized spacial score (nSPS) is 27.3. The number of phenols is 1. The lowest BCUT2D eigenvalue weighted by Gasteiger charge is -2.50. The Hall–Kier alpha value is -2.39. The quantitative estimate of drug-likeness (QED) is 0.104. The van der Waals surface area contributed by atoms with Crippen LogP contribution in [-0.4, -0.2) is 85.0 Å². The van der Waals surface area contributed by atoms with Crippen LogP contribution in [-0.2, 0) is 20.8 Å². The number of likely N-dealkylation sites (N-methyl/N-ethyl adjacent to an activating group) is 1. The Morgan fingerprint density at radius 2 is 1.89 bits per heavy atom. The number of carbonyl (C=O) groups is 4. The van der Waals surface area contributed by atoms with Crippen LogP contribution in [0.2, 0.25) is 0 Å². The van der Waals surface area contributed by atoms with Crippen molar-refractivity contribution < 1.29 is 39.6 Å². The predicted octanol–water partition coefficient (Wildman–Crippen LogP) is 1.33. The number of ketones is 2. The number of primary amides is 1. The number of phenolic OH excluding ortho intramolecular Hbond substituents is 1. The molecule has 1 aromatic rings. The zero-order valence-electron chi connectivity index (χ0n) is 20.3. The van der Waals surface area contributed by atoms with Gasteiger partial charge in [-0.15, -0.1) is 17.0 Å². The highest BCUT2D eigenvalue weighted by molar-refractivity contribution is 9.10. The van der Waals surface area contributed by atoms with Crippen molar-refractivity contribution in [3.63, 3.8) is 0 Å². The first-order valence-electron chi connectivity index (χ1n) is 11.3. The number of nitrogens with zero attached hydrogens (tertiary/aromatic N) is 1. The number of fused-ring (bicyclic) bond motifs is 3. The lowest BCUT2D eigenvalue weighted by molar-refractivity contribution is -0.148. The Bertz CT molecular complexity index is 1310. The maximum Gasteiger partial charge on any atom is 0.255 e. The van der Waals surface area contributed by atoms with E-state index in [9.17, 15) is 39.6 Å². The molecule has 0 fully saturated rings. The first-order chi connectivity index (χ1) is 17.3. The number of benzene rings is 1. The standard InChI is InChI=1S/C24H26BrN3O8S.BrH/c1-28(2)16-10-6-9-5-8-3-4-12(27-23(35)11(25)7-37)17(29)13(8)18(30)14(9)20(32)24(10,36)21(33)15(19(16)31)22(26)34;/h3-4,9-11,16,29,31-32,36-37H,5-7H2,1-2H3,(H2,26,34)(H,27,35);1H/t9?,10?,11?,16-,24-;/m0./s1. The van der Waals surface area contributed by atoms with E-state index in [1.807, 2.05) is 0 Å². The molecule has 7 N–H and O–H groups in total. The summed E-state index contributed by atoms with van der Waals surface area (Å²) in [7, 11) is 3.12. The summed E-state index contributed by atoms with van der Waals surface area (Å²) >= 11 is 7.19. The smallest absolute Gasteiger partial charge is 0.255 e. The van der Waals surface area contributed by atoms with E-state index in [-0.39, 0.29) is 52.4 Å². The molecule has 0 spiro atoms. The molecule has 4 rings (SSSR count). The number of Topliss-reactive ketones (excluding diaryl/α,β-unsaturated/α-hetero) is 2. The molecule has 2 amide bonds. The largest absolute Gasteiger partial charge is 0.510 e. The van der Waals surface area contributed by atoms with Gasteiger partial charge in [0.05, 0.1) is 17.3 Å². The van der Waals surface area contributed by atoms with E-state index in [0.29, 0.717) is 5.56 Å². The topological polar surface area (TPSA) is 190 Å². The molecule has 0 bridgehead atoms. The van der Waals surface area contributed by atoms with Gasteiger partial charge in [0.1, 0.15) is 21.9 Å². The second-order valence-electron chi connectivity index (χ2n) is 9.60. The van der Waals surface area contributed by atoms with Crippen LogP contribution in [0.15, 0.2) is 34.8 Å². The first-order valence-corrected chi connectivity index (χ1v) is 12.9. The lowest BCUT2D eigenvalue weighted by Crippen LogP contribution is -2.63. The van der Waals surface area contributed by atoms with E-state index in [2.05, 4.69) is 33.9 Å². The summed E-state index contributed by atoms with van der Waals surface area (Å²) in [5.74, 6) is -7.61. The molecule has 11 nitrogen and oxygen atoms in total. The van der Waals surface area contributed by atoms with Crippen molar-refractivity contribution in [3.8, 4) is 5.75 Å². The number of hydrogen-bond acceptors (Lipinski definition) is 10. The third-order valence-corrected chi connectivity index (χ3v) is 8.90. The minimum Gasteiger partial charge on any atom is -0.510 e. The minimum atomic E-state index is -2.71. The fraction of sp³-hybridized carbons (Fsp3) is 0.417. The van der Waals surface area contributed by atoms with Crippen molar-refractivity contribution >= 4 is 74.6 Å². The lowest BCUT2D eigenvalue weighted by atomic mass is 9.58. The number of nitrogens with one attached hydrogen (secondary N) is 1. The van der Waals surface area contributed by atoms with Gasteiger partial charge in [0.15, 0.2) is 17.1 Å². The summed E-state index contributed by atoms with van der Waals surface area (Å²) in [6.07, 6.45) is 0.159. The molecule has 14 heteroatoms. The Morgan fingerprint density at radius 1 is 1.26 bits per heavy atom. The Labute approximate surface area is 242 Å². The number of alkyl halides is 1. The van der Waals surface area contributed by atoms with Gasteiger partial charge in [0.2, 0.25) is 11.7 Å². The van der Waals surface area contributed by atoms with E-state index < -0.39 is 74.5 Å². The average Bonchev–Trinajstić information content (AvgIpc) is 2.82. The molecule has 206 valence electrons. The third-order valence-electron chi connectivity index (χ3n) is 7.30. The van der Waals surface area contributed by atoms with Crippen LogP contribution >= 0.6 is 45.5 Å². The molecule has 0 aliphatic heterocycles. The number of halogens is 2. The zero-order chi connectivity index (χ0) is 27.6. The van der Waals surface area contributed by atoms with Crippen molar-refractivity contribution in [2.45, 2.75) is 29.3 Å². The van der Waals surface area contributed by atoms with E-state index in [1.54, 1.807) is 20.2 Å². The molecule has 0 aromatic heterocycles. The molecule has 38 heavy (non-hydrogen) atoms. The maximum absolute atomic E-state index is 13.6. The highest BCUT2D eigenvalue weighted by Gasteiger charge is 2.63. The minimum absolute atomic E-state index is 0. The number of nitrogens with two attached hydrogens (primary N) is 1. The Morgan fingerprint density at radius 3 is 2.45 bits per heavy atom. The number of amides is 2. The van der Waals surface area contributed by atoms with Gasteiger partial charge in [0, 0.05) is 17.2 Å². The van der Waals surface area contributed by atoms with Gasteiger partial charge in [-0.25, -0.2) is 0 Å². The molecule has 5 atom stereocenters. The van der Waals surface area contributed by atoms with Gasteiger partial charge in [0.25, 0.3) is 5.91 Å². The average molecular weight is 677 g/mol. The Kier molecular flexibility index (Phi) is 8.45. The molecule has 0 saturated carbocycles. The predicted molar refractivity (Wildman–Crippen MR) is 149 cm³/mol. The number of carbonyl (C=O) groups excluding carboxylic acids is 4. The van der Waals surface area contributed by atoms with Crippen molar-refractivity contribution in [2.75, 3.05) is 25.2 Å². The van der Waals surface area contributed by atoms with Crippen molar-refractivity contribution in [3.05, 3.63) is 45.9 Å². The third kappa shape index (κ3) is 4.35. The Balaban J connectivity index is 0.00000400. The van der Waals surface area contributed by atoms with Crippen LogP contribution in [0, 0.1) is 11.8 Å². The summed E-state index contributed by atoms with van der Waals surface area (Å²) in [5, 5.41) is 47.0. The van der Waals surface area contributed by atoms with Crippen LogP contribution in [0.25, 0.3) is 0 Å². The monoisotopic (exact) mass is 675 g/mol. The van der Waals surface area contributed by atoms with Crippen LogP contribution in [0.4, 0.5) is 5.69 Å². The fourth-order valence-electron chi connectivity index (χ4n) is 5.62. The van der Waals surface area contributed by atoms with E-state index in [1.165, 1.54) is 11.0 Å². The number of allylic oxidation sites excluding steroid dienone is 1. The van der Waals surface area contributed by atoms with Gasteiger partial charge in [-0.3, -0.25) is 24.1 Å². The molecule has 3 aliphatic rings. The van der Waals surface area contributed by atoms with Gasteiger partial charge in [-0.1, -0.05) is 22.0 Å². The van der Waals surface area contributed by atoms with Crippen LogP contribution < -0.4 is 11.1 Å². The number of aliphatic hydroxyl groups excluding tert-OH is 2. The highest BCUT2D eigenvalue weighted by Crippen LogP contribution is 2.52. The molecule has 3 aliphatic carbocycles. The molecular formula is C24H27Br2N3O8S. The van der Waals surface area contributed by atoms with E-state index >= 15 is 0 Å². The fourth-order valence-corrected chi connectivity index (χ4v) is 5.90. The summed E-state index contributed by atoms with van der Waals surface area (Å²) in [6.45, 7) is 0. The first kappa shape index (κ1) is 30.2. The summed E-state index contributed by atoms with van der Waals surface area (Å²) in [5.41, 5.74) is 1.69. The molecule has 0 saturated heterocycles. The molecule has 1 aromatic carbocycles. The summed E-state index contributed by atoms with van der Waals surface area (Å²) < 4.78 is 0. The van der Waals surface area contributed by atoms with Crippen LogP contribution in [0.1, 0.15) is 22.3 Å². The number of aliphatic hydroxyl groups is 3. The number of thiol groups is 1. The van der Waals surface area contributed by atoms with Crippen LogP contribution in [0.5, 0.6) is 5.75 Å². The van der Waals surface area contributed by atoms with Gasteiger partial charge in [-0.2, -0.15) is 12.6 Å². The maximum atomic E-state index is 13.6. The molecule has 0 heterocycles. The molecular weight excluding hydrogens is 650 g/mol. The van der Waals surface area contributed by atoms with Gasteiger partial charge < -0.3 is 31.5 Å². The highest BCUT2D eigenvalue weighted by atomic mass is 79.9. The number of rotatable bonds is 5. The van der Waals surface area contributed by atoms with Crippen molar-refractivity contribution in [2.24, 2.45) is 17.6 Å². The van der Waals surface area contributed by atoms with Gasteiger partial charge in [-0.05, 0) is 44.5 Å². The zero-order valence-corrected chi connectivity index (χ0v) is 24.5. The molecule has 0 radical (unpaired) electrons. The second-order valence-corrected chi connectivity index (χ2v) is 11.1. The van der Waals surface area contributed by atoms with E-state index in [0.717, 1.165) is 0 Å². The van der Waals surface area contributed by atoms with Crippen LogP contribution in [0.3, 0.4) is 0 Å². The van der Waals surface area contributed by atoms with Crippen molar-refractivity contribution in [1.82, 2.24) is 4.90 Å². The summed E-state index contributed by atoms with van der Waals surface area (Å²) in [4.78, 5) is 52.0. The number of hydrogen-bond donors (Lipinski definition) is 7. The van der Waals surface area contributed by atoms with Gasteiger partial charge >= 0.3 is 0 Å². The van der Waals surface area contributed by atoms with Crippen molar-refractivity contribution in [1.29, 1.82) is 0 Å². The second kappa shape index (κ2) is 10.6. The SMILES string of the molecule is Br.CN(C)[C@@H]1C(O)=C(C(N)=O)C(=O)[C@@]2(O)C(O)=C3C(=O)c4c(ccc(NC(=O)C(Br)CS)c4O)CC3CC12. The number of anilines is 1. The summed E-state index contributed by atoms with van der Waals surface area (Å²) in [6, 6.07) is 1.96. The number of aromatic hydroxyl groups is 1. The molecule has 3 unspecified atom stereocenters. The van der Waals surface area contributed by atoms with E-state index in [4.69, 9.17) is 5.73 Å².